The molecule has 0 spiro atoms. The van der Waals surface area contributed by atoms with Gasteiger partial charge in [-0.2, -0.15) is 4.31 Å². The second-order valence-corrected chi connectivity index (χ2v) is 7.44. The van der Waals surface area contributed by atoms with Crippen molar-refractivity contribution < 1.29 is 8.42 Å². The lowest BCUT2D eigenvalue weighted by molar-refractivity contribution is 0.284. The Morgan fingerprint density at radius 1 is 1.47 bits per heavy atom. The first-order chi connectivity index (χ1) is 7.51. The zero-order chi connectivity index (χ0) is 11.8. The lowest BCUT2D eigenvalue weighted by Crippen LogP contribution is -2.51. The van der Waals surface area contributed by atoms with Crippen molar-refractivity contribution in [2.24, 2.45) is 0 Å². The van der Waals surface area contributed by atoms with E-state index < -0.39 is 10.0 Å². The van der Waals surface area contributed by atoms with Gasteiger partial charge in [-0.15, -0.1) is 23.7 Å². The van der Waals surface area contributed by atoms with Crippen LogP contribution in [0, 0.1) is 6.92 Å². The summed E-state index contributed by atoms with van der Waals surface area (Å²) in [5.41, 5.74) is 0. The number of halogens is 1. The third-order valence-corrected chi connectivity index (χ3v) is 6.20. The Morgan fingerprint density at radius 3 is 2.71 bits per heavy atom. The summed E-state index contributed by atoms with van der Waals surface area (Å²) in [4.78, 5) is 1.03. The molecule has 7 heteroatoms. The summed E-state index contributed by atoms with van der Waals surface area (Å²) in [6.07, 6.45) is 0. The summed E-state index contributed by atoms with van der Waals surface area (Å²) < 4.78 is 26.7. The molecule has 0 aliphatic carbocycles. The van der Waals surface area contributed by atoms with E-state index in [-0.39, 0.29) is 18.4 Å². The Balaban J connectivity index is 0.00000144. The van der Waals surface area contributed by atoms with Crippen LogP contribution >= 0.6 is 23.7 Å². The summed E-state index contributed by atoms with van der Waals surface area (Å²) in [6, 6.07) is 3.58. The summed E-state index contributed by atoms with van der Waals surface area (Å²) in [7, 11) is -3.28. The van der Waals surface area contributed by atoms with Gasteiger partial charge in [-0.1, -0.05) is 0 Å². The highest BCUT2D eigenvalue weighted by Crippen LogP contribution is 2.25. The van der Waals surface area contributed by atoms with Crippen LogP contribution in [0.4, 0.5) is 0 Å². The molecule has 2 heterocycles. The monoisotopic (exact) mass is 296 g/mol. The van der Waals surface area contributed by atoms with Crippen LogP contribution in [0.15, 0.2) is 16.3 Å². The SMILES string of the molecule is Cc1ccc(S(=O)(=O)N2CCNC[C@H]2C)s1.Cl. The highest BCUT2D eigenvalue weighted by atomic mass is 35.5. The summed E-state index contributed by atoms with van der Waals surface area (Å²) in [6.45, 7) is 5.87. The predicted octanol–water partition coefficient (Wildman–Crippen LogP) is 1.46. The van der Waals surface area contributed by atoms with E-state index in [9.17, 15) is 8.42 Å². The van der Waals surface area contributed by atoms with E-state index in [4.69, 9.17) is 0 Å². The molecule has 98 valence electrons. The van der Waals surface area contributed by atoms with E-state index in [2.05, 4.69) is 5.32 Å². The van der Waals surface area contributed by atoms with Crippen LogP contribution in [-0.4, -0.2) is 38.4 Å². The molecule has 1 fully saturated rings. The maximum atomic E-state index is 12.3. The molecule has 1 saturated heterocycles. The maximum absolute atomic E-state index is 12.3. The van der Waals surface area contributed by atoms with Crippen LogP contribution in [0.25, 0.3) is 0 Å². The third-order valence-electron chi connectivity index (χ3n) is 2.72. The van der Waals surface area contributed by atoms with Crippen LogP contribution < -0.4 is 5.32 Å². The van der Waals surface area contributed by atoms with E-state index in [0.717, 1.165) is 18.0 Å². The topological polar surface area (TPSA) is 49.4 Å². The normalized spacial score (nSPS) is 22.1. The Kier molecular flexibility index (Phi) is 4.97. The summed E-state index contributed by atoms with van der Waals surface area (Å²) in [5.74, 6) is 0. The van der Waals surface area contributed by atoms with Crippen molar-refractivity contribution in [3.63, 3.8) is 0 Å². The molecule has 0 aromatic carbocycles. The highest BCUT2D eigenvalue weighted by molar-refractivity contribution is 7.91. The number of piperazine rings is 1. The van der Waals surface area contributed by atoms with Gasteiger partial charge < -0.3 is 5.32 Å². The molecule has 1 aromatic rings. The average Bonchev–Trinajstić information content (AvgIpc) is 2.66. The van der Waals surface area contributed by atoms with Crippen LogP contribution in [0.5, 0.6) is 0 Å². The predicted molar refractivity (Wildman–Crippen MR) is 72.5 cm³/mol. The van der Waals surface area contributed by atoms with Crippen molar-refractivity contribution in [2.75, 3.05) is 19.6 Å². The molecule has 1 aromatic heterocycles. The molecule has 4 nitrogen and oxygen atoms in total. The van der Waals surface area contributed by atoms with Crippen LogP contribution in [-0.2, 0) is 10.0 Å². The minimum absolute atomic E-state index is 0. The Bertz CT molecular complexity index is 472. The number of rotatable bonds is 2. The molecule has 17 heavy (non-hydrogen) atoms. The Hall–Kier alpha value is -0.140. The van der Waals surface area contributed by atoms with Gasteiger partial charge >= 0.3 is 0 Å². The number of hydrogen-bond donors (Lipinski definition) is 1. The van der Waals surface area contributed by atoms with Gasteiger partial charge in [0.05, 0.1) is 0 Å². The van der Waals surface area contributed by atoms with Crippen LogP contribution in [0.2, 0.25) is 0 Å². The minimum Gasteiger partial charge on any atom is -0.314 e. The van der Waals surface area contributed by atoms with Gasteiger partial charge in [0, 0.05) is 30.6 Å². The fourth-order valence-corrected chi connectivity index (χ4v) is 4.89. The van der Waals surface area contributed by atoms with E-state index >= 15 is 0 Å². The van der Waals surface area contributed by atoms with Crippen molar-refractivity contribution in [1.82, 2.24) is 9.62 Å². The third kappa shape index (κ3) is 3.00. The van der Waals surface area contributed by atoms with E-state index in [0.29, 0.717) is 10.8 Å². The van der Waals surface area contributed by atoms with Crippen molar-refractivity contribution in [3.8, 4) is 0 Å². The van der Waals surface area contributed by atoms with Crippen molar-refractivity contribution in [3.05, 3.63) is 17.0 Å². The van der Waals surface area contributed by atoms with Gasteiger partial charge in [0.15, 0.2) is 0 Å². The molecule has 0 radical (unpaired) electrons. The van der Waals surface area contributed by atoms with Crippen LogP contribution in [0.1, 0.15) is 11.8 Å². The molecule has 1 N–H and O–H groups in total. The van der Waals surface area contributed by atoms with Crippen molar-refractivity contribution in [2.45, 2.75) is 24.1 Å². The molecule has 1 atom stereocenters. The molecule has 0 saturated carbocycles. The lowest BCUT2D eigenvalue weighted by atomic mass is 10.3. The van der Waals surface area contributed by atoms with E-state index in [1.807, 2.05) is 19.9 Å². The smallest absolute Gasteiger partial charge is 0.252 e. The van der Waals surface area contributed by atoms with Gasteiger partial charge in [-0.3, -0.25) is 0 Å². The van der Waals surface area contributed by atoms with Gasteiger partial charge in [0.2, 0.25) is 0 Å². The average molecular weight is 297 g/mol. The molecule has 1 aliphatic rings. The Labute approximate surface area is 112 Å². The van der Waals surface area contributed by atoms with E-state index in [1.165, 1.54) is 11.3 Å². The zero-order valence-electron chi connectivity index (χ0n) is 9.84. The number of aryl methyl sites for hydroxylation is 1. The standard InChI is InChI=1S/C10H16N2O2S2.ClH/c1-8-7-11-5-6-12(8)16(13,14)10-4-3-9(2)15-10;/h3-4,8,11H,5-7H2,1-2H3;1H/t8-;/m1./s1. The Morgan fingerprint density at radius 2 is 2.18 bits per heavy atom. The van der Waals surface area contributed by atoms with Gasteiger partial charge in [-0.25, -0.2) is 8.42 Å². The summed E-state index contributed by atoms with van der Waals surface area (Å²) >= 11 is 1.34. The molecular weight excluding hydrogens is 280 g/mol. The first-order valence-electron chi connectivity index (χ1n) is 5.31. The molecular formula is C10H17ClN2O2S2. The number of sulfonamides is 1. The lowest BCUT2D eigenvalue weighted by Gasteiger charge is -2.32. The number of thiophene rings is 1. The van der Waals surface area contributed by atoms with Crippen LogP contribution in [0.3, 0.4) is 0 Å². The highest BCUT2D eigenvalue weighted by Gasteiger charge is 2.31. The minimum atomic E-state index is -3.28. The van der Waals surface area contributed by atoms with Crippen molar-refractivity contribution in [1.29, 1.82) is 0 Å². The second kappa shape index (κ2) is 5.67. The fraction of sp³-hybridized carbons (Fsp3) is 0.600. The van der Waals surface area contributed by atoms with Gasteiger partial charge in [-0.05, 0) is 26.0 Å². The molecule has 0 amide bonds. The van der Waals surface area contributed by atoms with Crippen molar-refractivity contribution >= 4 is 33.8 Å². The molecule has 1 aliphatic heterocycles. The summed E-state index contributed by atoms with van der Waals surface area (Å²) in [5, 5.41) is 3.19. The number of nitrogens with one attached hydrogen (secondary N) is 1. The van der Waals surface area contributed by atoms with E-state index in [1.54, 1.807) is 10.4 Å². The fourth-order valence-electron chi connectivity index (χ4n) is 1.85. The van der Waals surface area contributed by atoms with Gasteiger partial charge in [0.1, 0.15) is 4.21 Å². The van der Waals surface area contributed by atoms with Gasteiger partial charge in [0.25, 0.3) is 10.0 Å². The maximum Gasteiger partial charge on any atom is 0.252 e. The number of nitrogens with zero attached hydrogens (tertiary/aromatic N) is 1. The molecule has 0 bridgehead atoms. The first kappa shape index (κ1) is 14.9. The molecule has 0 unspecified atom stereocenters. The second-order valence-electron chi connectivity index (χ2n) is 4.03. The largest absolute Gasteiger partial charge is 0.314 e. The quantitative estimate of drug-likeness (QED) is 0.899. The number of hydrogen-bond acceptors (Lipinski definition) is 4. The zero-order valence-corrected chi connectivity index (χ0v) is 12.3. The molecule has 2 rings (SSSR count). The first-order valence-corrected chi connectivity index (χ1v) is 7.56.